The summed E-state index contributed by atoms with van der Waals surface area (Å²) in [7, 11) is 2.09. The van der Waals surface area contributed by atoms with E-state index in [-0.39, 0.29) is 5.41 Å². The van der Waals surface area contributed by atoms with Crippen molar-refractivity contribution in [2.45, 2.75) is 40.0 Å². The smallest absolute Gasteiger partial charge is 0.232 e. The number of rotatable bonds is 2. The second kappa shape index (κ2) is 7.77. The zero-order valence-corrected chi connectivity index (χ0v) is 20.3. The highest BCUT2D eigenvalue weighted by molar-refractivity contribution is 5.92. The molecule has 3 heteroatoms. The fourth-order valence-electron chi connectivity index (χ4n) is 4.76. The highest BCUT2D eigenvalue weighted by Gasteiger charge is 2.27. The number of fused-ring (bicyclic) bond motifs is 2. The van der Waals surface area contributed by atoms with E-state index < -0.39 is 0 Å². The first-order valence-electron chi connectivity index (χ1n) is 11.6. The lowest BCUT2D eigenvalue weighted by Gasteiger charge is -2.22. The molecule has 3 aromatic carbocycles. The van der Waals surface area contributed by atoms with Crippen molar-refractivity contribution in [1.82, 2.24) is 4.98 Å². The maximum atomic E-state index is 4.66. The van der Waals surface area contributed by atoms with Gasteiger partial charge in [-0.3, -0.25) is 0 Å². The maximum Gasteiger partial charge on any atom is 0.287 e. The molecule has 0 fully saturated rings. The summed E-state index contributed by atoms with van der Waals surface area (Å²) in [6, 6.07) is 26.2. The Morgan fingerprint density at radius 1 is 0.818 bits per heavy atom. The van der Waals surface area contributed by atoms with E-state index in [2.05, 4.69) is 129 Å². The third-order valence-electron chi connectivity index (χ3n) is 6.66. The predicted molar refractivity (Wildman–Crippen MR) is 136 cm³/mol. The number of pyridine rings is 1. The Kier molecular flexibility index (Phi) is 5.01. The first-order chi connectivity index (χ1) is 15.8. The average molecular weight is 434 g/mol. The second-order valence-electron chi connectivity index (χ2n) is 10.0. The van der Waals surface area contributed by atoms with Crippen molar-refractivity contribution in [3.63, 3.8) is 0 Å². The molecule has 164 valence electrons. The van der Waals surface area contributed by atoms with Crippen LogP contribution in [0.2, 0.25) is 0 Å². The molecule has 0 aliphatic rings. The fraction of sp³-hybridized carbons (Fsp3) is 0.233. The van der Waals surface area contributed by atoms with Gasteiger partial charge in [0.1, 0.15) is 5.69 Å². The molecular weight excluding hydrogens is 402 g/mol. The Hall–Kier alpha value is -3.59. The summed E-state index contributed by atoms with van der Waals surface area (Å²) in [6.07, 6.45) is 1.93. The minimum atomic E-state index is 0.0116. The van der Waals surface area contributed by atoms with Crippen LogP contribution in [0, 0.1) is 13.8 Å². The minimum Gasteiger partial charge on any atom is -0.232 e. The van der Waals surface area contributed by atoms with Crippen molar-refractivity contribution in [3.8, 4) is 16.9 Å². The number of aryl methyl sites for hydroxylation is 2. The summed E-state index contributed by atoms with van der Waals surface area (Å²) < 4.78 is 4.56. The number of nitrogens with zero attached hydrogens (tertiary/aromatic N) is 3. The van der Waals surface area contributed by atoms with Crippen molar-refractivity contribution >= 4 is 21.8 Å². The maximum absolute atomic E-state index is 4.66. The van der Waals surface area contributed by atoms with Gasteiger partial charge in [0.15, 0.2) is 11.2 Å². The van der Waals surface area contributed by atoms with Crippen LogP contribution in [-0.2, 0) is 12.5 Å². The van der Waals surface area contributed by atoms with Gasteiger partial charge < -0.3 is 0 Å². The monoisotopic (exact) mass is 433 g/mol. The fourth-order valence-corrected chi connectivity index (χ4v) is 4.76. The quantitative estimate of drug-likeness (QED) is 0.310. The summed E-state index contributed by atoms with van der Waals surface area (Å²) in [6.45, 7) is 11.3. The summed E-state index contributed by atoms with van der Waals surface area (Å²) in [5.74, 6) is 0. The zero-order valence-electron chi connectivity index (χ0n) is 20.3. The van der Waals surface area contributed by atoms with E-state index in [0.717, 1.165) is 5.52 Å². The third-order valence-corrected chi connectivity index (χ3v) is 6.66. The van der Waals surface area contributed by atoms with Crippen molar-refractivity contribution in [2.24, 2.45) is 7.05 Å². The predicted octanol–water partition coefficient (Wildman–Crippen LogP) is 6.07. The van der Waals surface area contributed by atoms with Crippen molar-refractivity contribution in [3.05, 3.63) is 95.9 Å². The highest BCUT2D eigenvalue weighted by Crippen LogP contribution is 2.34. The van der Waals surface area contributed by atoms with Gasteiger partial charge >= 0.3 is 0 Å². The van der Waals surface area contributed by atoms with Gasteiger partial charge in [0.2, 0.25) is 11.2 Å². The van der Waals surface area contributed by atoms with Crippen LogP contribution in [0.5, 0.6) is 0 Å². The topological polar surface area (TPSA) is 20.6 Å². The first-order valence-corrected chi connectivity index (χ1v) is 11.6. The molecule has 0 radical (unpaired) electrons. The molecule has 0 aliphatic heterocycles. The molecule has 5 rings (SSSR count). The van der Waals surface area contributed by atoms with E-state index in [4.69, 9.17) is 0 Å². The van der Waals surface area contributed by atoms with Gasteiger partial charge in [-0.05, 0) is 53.2 Å². The van der Waals surface area contributed by atoms with Crippen LogP contribution >= 0.6 is 0 Å². The Bertz CT molecular complexity index is 1420. The Balaban J connectivity index is 1.93. The normalized spacial score (nSPS) is 11.9. The van der Waals surface area contributed by atoms with E-state index in [9.17, 15) is 0 Å². The van der Waals surface area contributed by atoms with E-state index >= 15 is 0 Å². The molecule has 0 spiro atoms. The van der Waals surface area contributed by atoms with E-state index in [1.165, 1.54) is 50.1 Å². The summed E-state index contributed by atoms with van der Waals surface area (Å²) in [5.41, 5.74) is 9.73. The number of hydrogen-bond acceptors (Lipinski definition) is 1. The van der Waals surface area contributed by atoms with Crippen LogP contribution in [0.25, 0.3) is 38.8 Å². The van der Waals surface area contributed by atoms with Gasteiger partial charge in [-0.15, -0.1) is 0 Å². The molecule has 0 aliphatic carbocycles. The summed E-state index contributed by atoms with van der Waals surface area (Å²) >= 11 is 0. The molecule has 5 aromatic rings. The molecule has 3 nitrogen and oxygen atoms in total. The lowest BCUT2D eigenvalue weighted by atomic mass is 9.83. The van der Waals surface area contributed by atoms with Crippen molar-refractivity contribution in [2.75, 3.05) is 0 Å². The van der Waals surface area contributed by atoms with E-state index in [1.807, 2.05) is 6.33 Å². The molecular formula is C30H31N3+2. The molecule has 33 heavy (non-hydrogen) atoms. The minimum absolute atomic E-state index is 0.0116. The van der Waals surface area contributed by atoms with E-state index in [1.54, 1.807) is 0 Å². The molecule has 2 aromatic heterocycles. The Labute approximate surface area is 196 Å². The molecule has 0 amide bonds. The molecule has 0 unspecified atom stereocenters. The molecule has 0 saturated heterocycles. The van der Waals surface area contributed by atoms with E-state index in [0.29, 0.717) is 0 Å². The zero-order chi connectivity index (χ0) is 23.3. The lowest BCUT2D eigenvalue weighted by Crippen LogP contribution is -2.37. The number of aromatic nitrogens is 3. The number of hydrogen-bond donors (Lipinski definition) is 0. The van der Waals surface area contributed by atoms with Gasteiger partial charge in [-0.2, -0.15) is 4.57 Å². The van der Waals surface area contributed by atoms with Crippen LogP contribution in [0.15, 0.2) is 79.1 Å². The molecule has 0 N–H and O–H groups in total. The largest absolute Gasteiger partial charge is 0.287 e. The number of benzene rings is 3. The Morgan fingerprint density at radius 3 is 2.33 bits per heavy atom. The lowest BCUT2D eigenvalue weighted by molar-refractivity contribution is -0.662. The van der Waals surface area contributed by atoms with Crippen molar-refractivity contribution < 1.29 is 9.13 Å². The second-order valence-corrected chi connectivity index (χ2v) is 10.0. The third kappa shape index (κ3) is 3.58. The first kappa shape index (κ1) is 21.3. The van der Waals surface area contributed by atoms with Crippen LogP contribution in [-0.4, -0.2) is 4.98 Å². The van der Waals surface area contributed by atoms with Gasteiger partial charge in [0.25, 0.3) is 6.33 Å². The number of para-hydroxylation sites is 2. The summed E-state index contributed by atoms with van der Waals surface area (Å²) in [4.78, 5) is 4.66. The van der Waals surface area contributed by atoms with Gasteiger partial charge in [-0.1, -0.05) is 45.0 Å². The van der Waals surface area contributed by atoms with Crippen molar-refractivity contribution in [1.29, 1.82) is 0 Å². The van der Waals surface area contributed by atoms with Gasteiger partial charge in [-0.25, -0.2) is 4.57 Å². The van der Waals surface area contributed by atoms with Crippen LogP contribution in [0.4, 0.5) is 0 Å². The Morgan fingerprint density at radius 2 is 1.55 bits per heavy atom. The van der Waals surface area contributed by atoms with Gasteiger partial charge in [0, 0.05) is 41.6 Å². The average Bonchev–Trinajstić information content (AvgIpc) is 2.79. The highest BCUT2D eigenvalue weighted by atomic mass is 15.0. The molecule has 0 saturated carbocycles. The molecule has 0 bridgehead atoms. The van der Waals surface area contributed by atoms with Crippen LogP contribution in [0.3, 0.4) is 0 Å². The standard InChI is InChI=1S/C30H31N3/c1-20-15-16-22-11-7-10-14-27(22)33(20)28-18-23(30(3,4)5)17-25(21(28)2)29-24-12-8-9-13-26(24)31-19-32(29)6/h7-19H,1-6H3/q+2. The van der Waals surface area contributed by atoms with Gasteiger partial charge in [0.05, 0.1) is 12.4 Å². The van der Waals surface area contributed by atoms with Crippen LogP contribution in [0.1, 0.15) is 37.6 Å². The SMILES string of the molecule is Cc1c(-c2c3ccccc3nc[n+]2C)cc(C(C)(C)C)cc1-[n+]1c(C)ccc2ccccc21. The summed E-state index contributed by atoms with van der Waals surface area (Å²) in [5, 5.41) is 2.41. The molecule has 0 atom stereocenters. The van der Waals surface area contributed by atoms with Crippen LogP contribution < -0.4 is 9.13 Å². The molecule has 2 heterocycles.